The Morgan fingerprint density at radius 1 is 1.53 bits per heavy atom. The highest BCUT2D eigenvalue weighted by atomic mass is 16.3. The zero-order chi connectivity index (χ0) is 14.5. The molecule has 0 spiro atoms. The number of anilines is 1. The molecule has 1 amide bonds. The lowest BCUT2D eigenvalue weighted by Gasteiger charge is -2.26. The Balaban J connectivity index is 2.86. The molecule has 19 heavy (non-hydrogen) atoms. The van der Waals surface area contributed by atoms with E-state index in [0.717, 1.165) is 18.7 Å². The molecule has 0 aliphatic heterocycles. The Kier molecular flexibility index (Phi) is 5.30. The number of carbonyl (C=O) groups is 1. The summed E-state index contributed by atoms with van der Waals surface area (Å²) in [7, 11) is 1.68. The second kappa shape index (κ2) is 6.52. The number of aromatic nitrogens is 1. The van der Waals surface area contributed by atoms with Crippen LogP contribution < -0.4 is 5.32 Å². The van der Waals surface area contributed by atoms with Crippen molar-refractivity contribution >= 4 is 11.6 Å². The molecule has 0 aliphatic carbocycles. The Hall–Kier alpha value is -1.62. The molecule has 1 aromatic heterocycles. The van der Waals surface area contributed by atoms with E-state index in [2.05, 4.69) is 17.2 Å². The van der Waals surface area contributed by atoms with Crippen molar-refractivity contribution in [3.63, 3.8) is 0 Å². The number of aliphatic hydroxyl groups is 1. The number of carbonyl (C=O) groups excluding carboxylic acids is 1. The van der Waals surface area contributed by atoms with Crippen LogP contribution >= 0.6 is 0 Å². The number of hydrogen-bond donors (Lipinski definition) is 2. The highest BCUT2D eigenvalue weighted by molar-refractivity contribution is 5.99. The lowest BCUT2D eigenvalue weighted by molar-refractivity contribution is 0.0368. The van der Waals surface area contributed by atoms with E-state index in [0.29, 0.717) is 5.56 Å². The van der Waals surface area contributed by atoms with Crippen LogP contribution in [0.3, 0.4) is 0 Å². The predicted octanol–water partition coefficient (Wildman–Crippen LogP) is 1.75. The van der Waals surface area contributed by atoms with E-state index < -0.39 is 5.60 Å². The van der Waals surface area contributed by atoms with Gasteiger partial charge in [0.25, 0.3) is 5.91 Å². The summed E-state index contributed by atoms with van der Waals surface area (Å²) >= 11 is 0. The molecule has 0 unspecified atom stereocenters. The van der Waals surface area contributed by atoms with E-state index in [4.69, 9.17) is 0 Å². The predicted molar refractivity (Wildman–Crippen MR) is 76.3 cm³/mol. The third-order valence-electron chi connectivity index (χ3n) is 2.59. The van der Waals surface area contributed by atoms with Gasteiger partial charge in [0.2, 0.25) is 0 Å². The molecule has 2 N–H and O–H groups in total. The van der Waals surface area contributed by atoms with Gasteiger partial charge in [-0.05, 0) is 26.3 Å². The largest absolute Gasteiger partial charge is 0.389 e. The van der Waals surface area contributed by atoms with Crippen LogP contribution in [0.4, 0.5) is 5.69 Å². The normalized spacial score (nSPS) is 11.2. The van der Waals surface area contributed by atoms with E-state index in [-0.39, 0.29) is 12.5 Å². The lowest BCUT2D eigenvalue weighted by Crippen LogP contribution is -2.39. The average molecular weight is 265 g/mol. The van der Waals surface area contributed by atoms with Crippen molar-refractivity contribution in [2.24, 2.45) is 0 Å². The second-order valence-electron chi connectivity index (χ2n) is 5.32. The molecule has 0 saturated heterocycles. The smallest absolute Gasteiger partial charge is 0.255 e. The fourth-order valence-corrected chi connectivity index (χ4v) is 1.84. The molecule has 106 valence electrons. The zero-order valence-electron chi connectivity index (χ0n) is 12.1. The van der Waals surface area contributed by atoms with E-state index >= 15 is 0 Å². The molecule has 0 radical (unpaired) electrons. The Morgan fingerprint density at radius 2 is 2.21 bits per heavy atom. The second-order valence-corrected chi connectivity index (χ2v) is 5.32. The maximum absolute atomic E-state index is 12.4. The molecule has 0 aliphatic rings. The van der Waals surface area contributed by atoms with E-state index in [1.807, 2.05) is 0 Å². The summed E-state index contributed by atoms with van der Waals surface area (Å²) < 4.78 is 0. The molecule has 0 aromatic carbocycles. The molecule has 0 fully saturated rings. The highest BCUT2D eigenvalue weighted by Crippen LogP contribution is 2.16. The zero-order valence-corrected chi connectivity index (χ0v) is 12.1. The SMILES string of the molecule is CCCNc1cnccc1C(=O)N(C)CC(C)(C)O. The van der Waals surface area contributed by atoms with Crippen molar-refractivity contribution < 1.29 is 9.90 Å². The number of likely N-dealkylation sites (N-methyl/N-ethyl adjacent to an activating group) is 1. The van der Waals surface area contributed by atoms with Crippen molar-refractivity contribution in [3.8, 4) is 0 Å². The standard InChI is InChI=1S/C14H23N3O2/c1-5-7-16-12-9-15-8-6-11(12)13(18)17(4)10-14(2,3)19/h6,8-9,16,19H,5,7,10H2,1-4H3. The third kappa shape index (κ3) is 4.87. The third-order valence-corrected chi connectivity index (χ3v) is 2.59. The number of amides is 1. The van der Waals surface area contributed by atoms with E-state index in [9.17, 15) is 9.90 Å². The molecule has 1 aromatic rings. The summed E-state index contributed by atoms with van der Waals surface area (Å²) in [4.78, 5) is 17.9. The molecular weight excluding hydrogens is 242 g/mol. The molecule has 0 bridgehead atoms. The summed E-state index contributed by atoms with van der Waals surface area (Å²) in [5.41, 5.74) is 0.404. The van der Waals surface area contributed by atoms with Gasteiger partial charge in [-0.15, -0.1) is 0 Å². The topological polar surface area (TPSA) is 65.5 Å². The summed E-state index contributed by atoms with van der Waals surface area (Å²) in [6.45, 7) is 6.49. The van der Waals surface area contributed by atoms with Crippen LogP contribution in [0.25, 0.3) is 0 Å². The van der Waals surface area contributed by atoms with Crippen LogP contribution in [0.1, 0.15) is 37.6 Å². The van der Waals surface area contributed by atoms with Crippen molar-refractivity contribution in [1.29, 1.82) is 0 Å². The monoisotopic (exact) mass is 265 g/mol. The van der Waals surface area contributed by atoms with Crippen LogP contribution in [0.5, 0.6) is 0 Å². The van der Waals surface area contributed by atoms with Crippen molar-refractivity contribution in [1.82, 2.24) is 9.88 Å². The van der Waals surface area contributed by atoms with Crippen LogP contribution in [0.15, 0.2) is 18.5 Å². The van der Waals surface area contributed by atoms with Crippen molar-refractivity contribution in [2.75, 3.05) is 25.5 Å². The van der Waals surface area contributed by atoms with Gasteiger partial charge in [-0.25, -0.2) is 0 Å². The Bertz CT molecular complexity index is 427. The van der Waals surface area contributed by atoms with Gasteiger partial charge in [0.15, 0.2) is 0 Å². The quantitative estimate of drug-likeness (QED) is 0.822. The first-order valence-electron chi connectivity index (χ1n) is 6.51. The van der Waals surface area contributed by atoms with Gasteiger partial charge in [-0.3, -0.25) is 9.78 Å². The molecule has 0 saturated carbocycles. The van der Waals surface area contributed by atoms with Gasteiger partial charge in [-0.1, -0.05) is 6.92 Å². The lowest BCUT2D eigenvalue weighted by atomic mass is 10.1. The summed E-state index contributed by atoms with van der Waals surface area (Å²) in [5.74, 6) is -0.122. The van der Waals surface area contributed by atoms with Gasteiger partial charge in [0.05, 0.1) is 23.0 Å². The fraction of sp³-hybridized carbons (Fsp3) is 0.571. The average Bonchev–Trinajstić information content (AvgIpc) is 2.33. The maximum Gasteiger partial charge on any atom is 0.255 e. The maximum atomic E-state index is 12.4. The van der Waals surface area contributed by atoms with Crippen LogP contribution in [-0.2, 0) is 0 Å². The minimum Gasteiger partial charge on any atom is -0.389 e. The minimum absolute atomic E-state index is 0.122. The summed E-state index contributed by atoms with van der Waals surface area (Å²) in [5, 5.41) is 13.0. The van der Waals surface area contributed by atoms with Crippen molar-refractivity contribution in [2.45, 2.75) is 32.8 Å². The van der Waals surface area contributed by atoms with Crippen LogP contribution in [-0.4, -0.2) is 46.6 Å². The number of nitrogens with one attached hydrogen (secondary N) is 1. The Morgan fingerprint density at radius 3 is 2.79 bits per heavy atom. The number of pyridine rings is 1. The first kappa shape index (κ1) is 15.4. The number of nitrogens with zero attached hydrogens (tertiary/aromatic N) is 2. The molecule has 5 nitrogen and oxygen atoms in total. The molecule has 5 heteroatoms. The summed E-state index contributed by atoms with van der Waals surface area (Å²) in [6, 6.07) is 1.70. The first-order chi connectivity index (χ1) is 8.85. The summed E-state index contributed by atoms with van der Waals surface area (Å²) in [6.07, 6.45) is 4.23. The van der Waals surface area contributed by atoms with Gasteiger partial charge in [0, 0.05) is 26.3 Å². The van der Waals surface area contributed by atoms with Crippen molar-refractivity contribution in [3.05, 3.63) is 24.0 Å². The number of rotatable bonds is 6. The van der Waals surface area contributed by atoms with E-state index in [1.54, 1.807) is 39.4 Å². The fourth-order valence-electron chi connectivity index (χ4n) is 1.84. The Labute approximate surface area is 114 Å². The molecule has 1 rings (SSSR count). The van der Waals surface area contributed by atoms with E-state index in [1.165, 1.54) is 4.90 Å². The van der Waals surface area contributed by atoms with Gasteiger partial charge in [-0.2, -0.15) is 0 Å². The molecule has 0 atom stereocenters. The van der Waals surface area contributed by atoms with Gasteiger partial charge >= 0.3 is 0 Å². The first-order valence-corrected chi connectivity index (χ1v) is 6.51. The molecule has 1 heterocycles. The minimum atomic E-state index is -0.908. The molecular formula is C14H23N3O2. The number of hydrogen-bond acceptors (Lipinski definition) is 4. The van der Waals surface area contributed by atoms with Crippen LogP contribution in [0.2, 0.25) is 0 Å². The van der Waals surface area contributed by atoms with Gasteiger partial charge in [0.1, 0.15) is 0 Å². The highest BCUT2D eigenvalue weighted by Gasteiger charge is 2.22. The van der Waals surface area contributed by atoms with Crippen LogP contribution in [0, 0.1) is 0 Å². The van der Waals surface area contributed by atoms with Gasteiger partial charge < -0.3 is 15.3 Å².